The maximum absolute atomic E-state index is 12.6. The minimum absolute atomic E-state index is 0.230. The number of carbonyl (C=O) groups excluding carboxylic acids is 1. The van der Waals surface area contributed by atoms with Crippen LogP contribution in [0, 0.1) is 5.92 Å². The van der Waals surface area contributed by atoms with Crippen LogP contribution >= 0.6 is 0 Å². The first-order chi connectivity index (χ1) is 10.9. The van der Waals surface area contributed by atoms with Gasteiger partial charge in [0.1, 0.15) is 0 Å². The van der Waals surface area contributed by atoms with Crippen molar-refractivity contribution in [2.45, 2.75) is 32.0 Å². The number of hydrogen-bond donors (Lipinski definition) is 0. The van der Waals surface area contributed by atoms with Crippen LogP contribution in [-0.2, 0) is 4.79 Å². The molecule has 3 rings (SSSR count). The minimum atomic E-state index is -4.29. The van der Waals surface area contributed by atoms with Gasteiger partial charge in [0.05, 0.1) is 12.5 Å². The minimum Gasteiger partial charge on any atom is -0.336 e. The van der Waals surface area contributed by atoms with Gasteiger partial charge in [-0.25, -0.2) is 0 Å². The molecule has 0 spiro atoms. The molecular weight excluding hydrogens is 303 g/mol. The van der Waals surface area contributed by atoms with Gasteiger partial charge in [0.2, 0.25) is 5.91 Å². The first kappa shape index (κ1) is 15.8. The van der Waals surface area contributed by atoms with E-state index < -0.39 is 18.5 Å². The number of halogens is 3. The number of amides is 1. The van der Waals surface area contributed by atoms with Crippen molar-refractivity contribution in [2.75, 3.05) is 6.54 Å². The molecule has 122 valence electrons. The van der Waals surface area contributed by atoms with E-state index in [2.05, 4.69) is 0 Å². The topological polar surface area (TPSA) is 20.3 Å². The summed E-state index contributed by atoms with van der Waals surface area (Å²) in [5.41, 5.74) is 0.976. The fourth-order valence-electron chi connectivity index (χ4n) is 3.40. The Kier molecular flexibility index (Phi) is 4.04. The molecule has 1 aliphatic rings. The molecule has 0 aromatic heterocycles. The molecule has 2 nitrogen and oxygen atoms in total. The summed E-state index contributed by atoms with van der Waals surface area (Å²) >= 11 is 0. The Morgan fingerprint density at radius 1 is 1.17 bits per heavy atom. The highest BCUT2D eigenvalue weighted by atomic mass is 19.4. The second kappa shape index (κ2) is 5.87. The van der Waals surface area contributed by atoms with Crippen molar-refractivity contribution in [1.82, 2.24) is 4.90 Å². The number of benzene rings is 2. The lowest BCUT2D eigenvalue weighted by Crippen LogP contribution is -2.31. The lowest BCUT2D eigenvalue weighted by molar-refractivity contribution is -0.155. The molecule has 0 aliphatic carbocycles. The van der Waals surface area contributed by atoms with Crippen molar-refractivity contribution in [3.05, 3.63) is 48.0 Å². The van der Waals surface area contributed by atoms with Gasteiger partial charge in [0.15, 0.2) is 0 Å². The lowest BCUT2D eigenvalue weighted by Gasteiger charge is -2.26. The van der Waals surface area contributed by atoms with Crippen LogP contribution in [0.25, 0.3) is 10.8 Å². The van der Waals surface area contributed by atoms with E-state index in [9.17, 15) is 18.0 Å². The van der Waals surface area contributed by atoms with Crippen molar-refractivity contribution in [2.24, 2.45) is 5.92 Å². The number of nitrogens with zero attached hydrogens (tertiary/aromatic N) is 1. The summed E-state index contributed by atoms with van der Waals surface area (Å²) in [6, 6.07) is 13.5. The second-order valence-corrected chi connectivity index (χ2v) is 6.08. The number of alkyl halides is 3. The van der Waals surface area contributed by atoms with Gasteiger partial charge in [0.25, 0.3) is 0 Å². The zero-order chi connectivity index (χ0) is 16.6. The number of fused-ring (bicyclic) bond motifs is 1. The standard InChI is InChI=1S/C18H18F3NO/c1-12(15-8-4-6-13-5-2-3-7-16(13)15)22-10-9-14(17(22)23)11-18(19,20)21/h2-8,12,14H,9-11H2,1H3/t12-,14?/m1/s1. The van der Waals surface area contributed by atoms with Crippen LogP contribution in [0.2, 0.25) is 0 Å². The summed E-state index contributed by atoms with van der Waals surface area (Å²) in [6.45, 7) is 2.26. The van der Waals surface area contributed by atoms with Gasteiger partial charge in [-0.3, -0.25) is 4.79 Å². The third-order valence-corrected chi connectivity index (χ3v) is 4.57. The molecule has 1 amide bonds. The molecule has 5 heteroatoms. The summed E-state index contributed by atoms with van der Waals surface area (Å²) in [4.78, 5) is 13.9. The number of carbonyl (C=O) groups is 1. The van der Waals surface area contributed by atoms with E-state index in [0.717, 1.165) is 16.3 Å². The zero-order valence-corrected chi connectivity index (χ0v) is 12.8. The van der Waals surface area contributed by atoms with Gasteiger partial charge in [-0.1, -0.05) is 42.5 Å². The van der Waals surface area contributed by atoms with Crippen LogP contribution in [0.4, 0.5) is 13.2 Å². The average molecular weight is 321 g/mol. The number of likely N-dealkylation sites (tertiary alicyclic amines) is 1. The molecule has 1 unspecified atom stereocenters. The van der Waals surface area contributed by atoms with Gasteiger partial charge < -0.3 is 4.90 Å². The Morgan fingerprint density at radius 2 is 1.87 bits per heavy atom. The summed E-state index contributed by atoms with van der Waals surface area (Å²) in [6.07, 6.45) is -5.04. The van der Waals surface area contributed by atoms with E-state index in [-0.39, 0.29) is 18.4 Å². The molecule has 1 heterocycles. The normalized spacial score (nSPS) is 20.3. The van der Waals surface area contributed by atoms with Crippen LogP contribution in [0.1, 0.15) is 31.4 Å². The predicted octanol–water partition coefficient (Wildman–Crippen LogP) is 4.70. The van der Waals surface area contributed by atoms with E-state index in [1.807, 2.05) is 49.4 Å². The van der Waals surface area contributed by atoms with Crippen LogP contribution in [-0.4, -0.2) is 23.5 Å². The highest BCUT2D eigenvalue weighted by molar-refractivity contribution is 5.87. The van der Waals surface area contributed by atoms with Crippen LogP contribution in [0.3, 0.4) is 0 Å². The summed E-state index contributed by atoms with van der Waals surface area (Å²) in [5.74, 6) is -1.32. The van der Waals surface area contributed by atoms with Crippen molar-refractivity contribution in [3.8, 4) is 0 Å². The van der Waals surface area contributed by atoms with E-state index in [1.54, 1.807) is 4.90 Å². The van der Waals surface area contributed by atoms with E-state index in [0.29, 0.717) is 6.54 Å². The molecule has 1 aliphatic heterocycles. The van der Waals surface area contributed by atoms with Crippen LogP contribution in [0.5, 0.6) is 0 Å². The molecule has 2 aromatic carbocycles. The van der Waals surface area contributed by atoms with E-state index >= 15 is 0 Å². The fraction of sp³-hybridized carbons (Fsp3) is 0.389. The molecule has 2 atom stereocenters. The molecular formula is C18H18F3NO. The second-order valence-electron chi connectivity index (χ2n) is 6.08. The van der Waals surface area contributed by atoms with Crippen LogP contribution in [0.15, 0.2) is 42.5 Å². The first-order valence-electron chi connectivity index (χ1n) is 7.72. The third kappa shape index (κ3) is 3.19. The first-order valence-corrected chi connectivity index (χ1v) is 7.72. The van der Waals surface area contributed by atoms with Crippen molar-refractivity contribution < 1.29 is 18.0 Å². The Labute approximate surface area is 132 Å². The number of rotatable bonds is 3. The highest BCUT2D eigenvalue weighted by Gasteiger charge is 2.42. The Hall–Kier alpha value is -2.04. The Bertz CT molecular complexity index is 720. The average Bonchev–Trinajstić information content (AvgIpc) is 2.85. The summed E-state index contributed by atoms with van der Waals surface area (Å²) in [7, 11) is 0. The lowest BCUT2D eigenvalue weighted by atomic mass is 9.98. The molecule has 1 fully saturated rings. The van der Waals surface area contributed by atoms with Gasteiger partial charge in [-0.2, -0.15) is 13.2 Å². The number of hydrogen-bond acceptors (Lipinski definition) is 1. The SMILES string of the molecule is C[C@H](c1cccc2ccccc12)N1CCC(CC(F)(F)F)C1=O. The maximum atomic E-state index is 12.6. The van der Waals surface area contributed by atoms with Gasteiger partial charge in [-0.05, 0) is 29.7 Å². The highest BCUT2D eigenvalue weighted by Crippen LogP contribution is 2.36. The van der Waals surface area contributed by atoms with Crippen LogP contribution < -0.4 is 0 Å². The monoisotopic (exact) mass is 321 g/mol. The van der Waals surface area contributed by atoms with Crippen molar-refractivity contribution >= 4 is 16.7 Å². The molecule has 0 radical (unpaired) electrons. The molecule has 1 saturated heterocycles. The molecule has 0 N–H and O–H groups in total. The van der Waals surface area contributed by atoms with Gasteiger partial charge >= 0.3 is 6.18 Å². The zero-order valence-electron chi connectivity index (χ0n) is 12.8. The Morgan fingerprint density at radius 3 is 2.61 bits per heavy atom. The summed E-state index contributed by atoms with van der Waals surface area (Å²) < 4.78 is 37.7. The molecule has 0 bridgehead atoms. The summed E-state index contributed by atoms with van der Waals surface area (Å²) in [5, 5.41) is 2.10. The largest absolute Gasteiger partial charge is 0.389 e. The molecule has 2 aromatic rings. The Balaban J connectivity index is 1.86. The van der Waals surface area contributed by atoms with Gasteiger partial charge in [0, 0.05) is 12.5 Å². The predicted molar refractivity (Wildman–Crippen MR) is 82.9 cm³/mol. The quantitative estimate of drug-likeness (QED) is 0.802. The smallest absolute Gasteiger partial charge is 0.336 e. The van der Waals surface area contributed by atoms with Crippen molar-refractivity contribution in [1.29, 1.82) is 0 Å². The van der Waals surface area contributed by atoms with E-state index in [1.165, 1.54) is 0 Å². The fourth-order valence-corrected chi connectivity index (χ4v) is 3.40. The maximum Gasteiger partial charge on any atom is 0.389 e. The molecule has 23 heavy (non-hydrogen) atoms. The van der Waals surface area contributed by atoms with Crippen molar-refractivity contribution in [3.63, 3.8) is 0 Å². The van der Waals surface area contributed by atoms with E-state index in [4.69, 9.17) is 0 Å². The van der Waals surface area contributed by atoms with Gasteiger partial charge in [-0.15, -0.1) is 0 Å². The molecule has 0 saturated carbocycles. The third-order valence-electron chi connectivity index (χ3n) is 4.57.